The van der Waals surface area contributed by atoms with Crippen molar-refractivity contribution in [2.75, 3.05) is 18.9 Å². The molecule has 6 nitrogen and oxygen atoms in total. The molecule has 2 rings (SSSR count). The second kappa shape index (κ2) is 8.09. The minimum atomic E-state index is -0.491. The van der Waals surface area contributed by atoms with E-state index in [1.54, 1.807) is 31.0 Å². The van der Waals surface area contributed by atoms with E-state index in [1.807, 2.05) is 25.1 Å². The number of rotatable bonds is 6. The predicted octanol–water partition coefficient (Wildman–Crippen LogP) is 3.94. The van der Waals surface area contributed by atoms with Gasteiger partial charge in [0.25, 0.3) is 5.69 Å². The molecule has 2 aromatic rings. The van der Waals surface area contributed by atoms with Gasteiger partial charge in [-0.3, -0.25) is 19.8 Å². The molecule has 0 aromatic heterocycles. The topological polar surface area (TPSA) is 75.5 Å². The lowest BCUT2D eigenvalue weighted by Crippen LogP contribution is -2.30. The number of hydrogen-bond donors (Lipinski definition) is 1. The highest BCUT2D eigenvalue weighted by Gasteiger charge is 2.18. The molecular weight excluding hydrogens is 342 g/mol. The van der Waals surface area contributed by atoms with Crippen molar-refractivity contribution >= 4 is 28.9 Å². The second-order valence-electron chi connectivity index (χ2n) is 6.02. The smallest absolute Gasteiger partial charge is 0.293 e. The average Bonchev–Trinajstić information content (AvgIpc) is 2.52. The number of amides is 1. The molecule has 0 heterocycles. The molecule has 0 unspecified atom stereocenters. The molecule has 0 atom stereocenters. The Hall–Kier alpha value is -2.44. The number of halogens is 1. The average molecular weight is 362 g/mol. The number of carbonyl (C=O) groups excluding carboxylic acids is 1. The van der Waals surface area contributed by atoms with Crippen LogP contribution in [0.3, 0.4) is 0 Å². The van der Waals surface area contributed by atoms with Gasteiger partial charge in [0.15, 0.2) is 0 Å². The van der Waals surface area contributed by atoms with Crippen LogP contribution in [0.15, 0.2) is 36.4 Å². The van der Waals surface area contributed by atoms with Gasteiger partial charge in [0.2, 0.25) is 5.91 Å². The van der Waals surface area contributed by atoms with Crippen LogP contribution in [-0.4, -0.2) is 29.3 Å². The van der Waals surface area contributed by atoms with E-state index in [1.165, 1.54) is 6.07 Å². The summed E-state index contributed by atoms with van der Waals surface area (Å²) in [4.78, 5) is 24.8. The summed E-state index contributed by atoms with van der Waals surface area (Å²) in [6.07, 6.45) is 0. The lowest BCUT2D eigenvalue weighted by atomic mass is 10.1. The Morgan fingerprint density at radius 3 is 2.52 bits per heavy atom. The first-order valence-corrected chi connectivity index (χ1v) is 8.13. The summed E-state index contributed by atoms with van der Waals surface area (Å²) >= 11 is 6.12. The maximum absolute atomic E-state index is 12.3. The highest BCUT2D eigenvalue weighted by molar-refractivity contribution is 6.31. The Labute approximate surface area is 151 Å². The minimum Gasteiger partial charge on any atom is -0.319 e. The lowest BCUT2D eigenvalue weighted by molar-refractivity contribution is -0.384. The zero-order valence-corrected chi connectivity index (χ0v) is 15.1. The SMILES string of the molecule is Cc1cc(NC(=O)CN(C)Cc2ccccc2Cl)c([N+](=O)[O-])cc1C. The molecule has 0 bridgehead atoms. The first-order chi connectivity index (χ1) is 11.8. The van der Waals surface area contributed by atoms with Crippen LogP contribution >= 0.6 is 11.6 Å². The van der Waals surface area contributed by atoms with Gasteiger partial charge in [0.1, 0.15) is 5.69 Å². The van der Waals surface area contributed by atoms with Crippen LogP contribution in [0.25, 0.3) is 0 Å². The monoisotopic (exact) mass is 361 g/mol. The number of aryl methyl sites for hydroxylation is 2. The van der Waals surface area contributed by atoms with E-state index in [2.05, 4.69) is 5.32 Å². The number of nitro groups is 1. The van der Waals surface area contributed by atoms with Gasteiger partial charge in [-0.05, 0) is 49.7 Å². The van der Waals surface area contributed by atoms with Gasteiger partial charge in [-0.15, -0.1) is 0 Å². The molecular formula is C18H20ClN3O3. The van der Waals surface area contributed by atoms with Gasteiger partial charge in [-0.25, -0.2) is 0 Å². The van der Waals surface area contributed by atoms with Crippen LogP contribution in [-0.2, 0) is 11.3 Å². The summed E-state index contributed by atoms with van der Waals surface area (Å²) < 4.78 is 0. The first kappa shape index (κ1) is 18.9. The summed E-state index contributed by atoms with van der Waals surface area (Å²) in [7, 11) is 1.79. The Bertz CT molecular complexity index is 808. The Morgan fingerprint density at radius 1 is 1.24 bits per heavy atom. The second-order valence-corrected chi connectivity index (χ2v) is 6.43. The van der Waals surface area contributed by atoms with Gasteiger partial charge in [-0.1, -0.05) is 29.8 Å². The maximum atomic E-state index is 12.3. The number of carbonyl (C=O) groups is 1. The molecule has 0 saturated carbocycles. The number of hydrogen-bond acceptors (Lipinski definition) is 4. The molecule has 1 N–H and O–H groups in total. The van der Waals surface area contributed by atoms with E-state index >= 15 is 0 Å². The van der Waals surface area contributed by atoms with E-state index in [4.69, 9.17) is 11.6 Å². The van der Waals surface area contributed by atoms with Crippen LogP contribution in [0.1, 0.15) is 16.7 Å². The molecule has 25 heavy (non-hydrogen) atoms. The van der Waals surface area contributed by atoms with Gasteiger partial charge < -0.3 is 5.32 Å². The van der Waals surface area contributed by atoms with Crippen molar-refractivity contribution in [2.24, 2.45) is 0 Å². The largest absolute Gasteiger partial charge is 0.319 e. The van der Waals surface area contributed by atoms with E-state index in [9.17, 15) is 14.9 Å². The highest BCUT2D eigenvalue weighted by atomic mass is 35.5. The van der Waals surface area contributed by atoms with Crippen LogP contribution in [0.5, 0.6) is 0 Å². The van der Waals surface area contributed by atoms with Gasteiger partial charge in [0, 0.05) is 17.6 Å². The van der Waals surface area contributed by atoms with Crippen molar-refractivity contribution in [1.29, 1.82) is 0 Å². The fourth-order valence-electron chi connectivity index (χ4n) is 2.46. The predicted molar refractivity (Wildman–Crippen MR) is 99.0 cm³/mol. The third-order valence-electron chi connectivity index (χ3n) is 3.89. The molecule has 0 aliphatic carbocycles. The number of nitro benzene ring substituents is 1. The lowest BCUT2D eigenvalue weighted by Gasteiger charge is -2.17. The molecule has 132 valence electrons. The molecule has 0 aliphatic heterocycles. The molecule has 0 aliphatic rings. The standard InChI is InChI=1S/C18H20ClN3O3/c1-12-8-16(17(22(24)25)9-13(12)2)20-18(23)11-21(3)10-14-6-4-5-7-15(14)19/h4-9H,10-11H2,1-3H3,(H,20,23). The van der Waals surface area contributed by atoms with Gasteiger partial charge in [0.05, 0.1) is 11.5 Å². The van der Waals surface area contributed by atoms with Crippen molar-refractivity contribution < 1.29 is 9.72 Å². The van der Waals surface area contributed by atoms with E-state index in [-0.39, 0.29) is 23.8 Å². The van der Waals surface area contributed by atoms with Crippen molar-refractivity contribution in [1.82, 2.24) is 4.90 Å². The van der Waals surface area contributed by atoms with Crippen LogP contribution < -0.4 is 5.32 Å². The molecule has 0 fully saturated rings. The number of nitrogens with one attached hydrogen (secondary N) is 1. The molecule has 0 radical (unpaired) electrons. The van der Waals surface area contributed by atoms with Crippen LogP contribution in [0, 0.1) is 24.0 Å². The summed E-state index contributed by atoms with van der Waals surface area (Å²) in [6.45, 7) is 4.24. The fraction of sp³-hybridized carbons (Fsp3) is 0.278. The summed E-state index contributed by atoms with van der Waals surface area (Å²) in [5.74, 6) is -0.319. The van der Waals surface area contributed by atoms with Gasteiger partial charge in [-0.2, -0.15) is 0 Å². The normalized spacial score (nSPS) is 10.8. The molecule has 1 amide bonds. The summed E-state index contributed by atoms with van der Waals surface area (Å²) in [5.41, 5.74) is 2.71. The Kier molecular flexibility index (Phi) is 6.12. The van der Waals surface area contributed by atoms with E-state index < -0.39 is 4.92 Å². The van der Waals surface area contributed by atoms with Crippen LogP contribution in [0.2, 0.25) is 5.02 Å². The maximum Gasteiger partial charge on any atom is 0.293 e. The number of anilines is 1. The third kappa shape index (κ3) is 5.01. The minimum absolute atomic E-state index is 0.0926. The first-order valence-electron chi connectivity index (χ1n) is 7.75. The number of nitrogens with zero attached hydrogens (tertiary/aromatic N) is 2. The summed E-state index contributed by atoms with van der Waals surface area (Å²) in [5, 5.41) is 14.5. The van der Waals surface area contributed by atoms with Crippen molar-refractivity contribution in [3.05, 3.63) is 68.2 Å². The molecule has 2 aromatic carbocycles. The van der Waals surface area contributed by atoms with Gasteiger partial charge >= 0.3 is 0 Å². The summed E-state index contributed by atoms with van der Waals surface area (Å²) in [6, 6.07) is 10.5. The van der Waals surface area contributed by atoms with E-state index in [0.717, 1.165) is 16.7 Å². The van der Waals surface area contributed by atoms with Crippen molar-refractivity contribution in [2.45, 2.75) is 20.4 Å². The fourth-order valence-corrected chi connectivity index (χ4v) is 2.66. The quantitative estimate of drug-likeness (QED) is 0.624. The van der Waals surface area contributed by atoms with Crippen molar-refractivity contribution in [3.63, 3.8) is 0 Å². The van der Waals surface area contributed by atoms with Crippen LogP contribution in [0.4, 0.5) is 11.4 Å². The number of benzene rings is 2. The molecule has 0 spiro atoms. The number of likely N-dealkylation sites (N-methyl/N-ethyl adjacent to an activating group) is 1. The molecule has 7 heteroatoms. The van der Waals surface area contributed by atoms with Crippen molar-refractivity contribution in [3.8, 4) is 0 Å². The zero-order chi connectivity index (χ0) is 18.6. The highest BCUT2D eigenvalue weighted by Crippen LogP contribution is 2.28. The van der Waals surface area contributed by atoms with E-state index in [0.29, 0.717) is 11.6 Å². The Balaban J connectivity index is 2.06. The zero-order valence-electron chi connectivity index (χ0n) is 14.4. The molecule has 0 saturated heterocycles. The third-order valence-corrected chi connectivity index (χ3v) is 4.26. The Morgan fingerprint density at radius 2 is 1.88 bits per heavy atom.